The molecule has 0 saturated heterocycles. The average molecular weight is 192 g/mol. The van der Waals surface area contributed by atoms with Crippen LogP contribution in [0.25, 0.3) is 0 Å². The minimum absolute atomic E-state index is 0.614. The molecule has 0 spiro atoms. The molecular weight excluding hydrogens is 172 g/mol. The Hall–Kier alpha value is -0.890. The molecule has 1 rings (SSSR count). The topological polar surface area (TPSA) is 24.9 Å². The highest BCUT2D eigenvalue weighted by atomic mass is 14.8. The first-order valence-corrected chi connectivity index (χ1v) is 5.28. The second kappa shape index (κ2) is 5.76. The Morgan fingerprint density at radius 1 is 1.29 bits per heavy atom. The van der Waals surface area contributed by atoms with Crippen molar-refractivity contribution in [2.45, 2.75) is 26.2 Å². The molecule has 78 valence electrons. The van der Waals surface area contributed by atoms with Crippen LogP contribution in [0.5, 0.6) is 0 Å². The summed E-state index contributed by atoms with van der Waals surface area (Å²) in [7, 11) is 2.01. The van der Waals surface area contributed by atoms with Crippen LogP contribution in [0.15, 0.2) is 24.5 Å². The smallest absolute Gasteiger partial charge is 0.0270 e. The van der Waals surface area contributed by atoms with Crippen LogP contribution in [0.4, 0.5) is 0 Å². The quantitative estimate of drug-likeness (QED) is 0.775. The SMILES string of the molecule is CNCC(CC(C)C)c1ccncc1. The summed E-state index contributed by atoms with van der Waals surface area (Å²) in [4.78, 5) is 4.05. The van der Waals surface area contributed by atoms with Crippen LogP contribution in [-0.2, 0) is 0 Å². The van der Waals surface area contributed by atoms with Gasteiger partial charge in [-0.1, -0.05) is 13.8 Å². The van der Waals surface area contributed by atoms with E-state index in [9.17, 15) is 0 Å². The summed E-state index contributed by atoms with van der Waals surface area (Å²) in [5, 5.41) is 3.25. The molecule has 0 aliphatic carbocycles. The molecular formula is C12H20N2. The predicted molar refractivity (Wildman–Crippen MR) is 60.4 cm³/mol. The van der Waals surface area contributed by atoms with Gasteiger partial charge in [0, 0.05) is 18.9 Å². The largest absolute Gasteiger partial charge is 0.319 e. The first-order chi connectivity index (χ1) is 6.74. The van der Waals surface area contributed by atoms with Gasteiger partial charge in [-0.15, -0.1) is 0 Å². The zero-order chi connectivity index (χ0) is 10.4. The molecule has 1 atom stereocenters. The normalized spacial score (nSPS) is 13.1. The molecule has 1 heterocycles. The Labute approximate surface area is 86.8 Å². The van der Waals surface area contributed by atoms with Crippen molar-refractivity contribution in [2.24, 2.45) is 5.92 Å². The van der Waals surface area contributed by atoms with E-state index in [2.05, 4.69) is 36.3 Å². The molecule has 2 nitrogen and oxygen atoms in total. The van der Waals surface area contributed by atoms with Crippen molar-refractivity contribution in [1.29, 1.82) is 0 Å². The van der Waals surface area contributed by atoms with Gasteiger partial charge in [0.25, 0.3) is 0 Å². The fourth-order valence-corrected chi connectivity index (χ4v) is 1.79. The van der Waals surface area contributed by atoms with E-state index in [1.165, 1.54) is 12.0 Å². The fraction of sp³-hybridized carbons (Fsp3) is 0.583. The van der Waals surface area contributed by atoms with Gasteiger partial charge in [0.05, 0.1) is 0 Å². The van der Waals surface area contributed by atoms with Crippen molar-refractivity contribution >= 4 is 0 Å². The minimum atomic E-state index is 0.614. The summed E-state index contributed by atoms with van der Waals surface area (Å²) < 4.78 is 0. The molecule has 0 aliphatic heterocycles. The molecule has 1 unspecified atom stereocenters. The molecule has 0 fully saturated rings. The summed E-state index contributed by atoms with van der Waals surface area (Å²) in [5.74, 6) is 1.35. The van der Waals surface area contributed by atoms with Gasteiger partial charge in [-0.3, -0.25) is 4.98 Å². The second-order valence-corrected chi connectivity index (χ2v) is 4.16. The number of nitrogens with zero attached hydrogens (tertiary/aromatic N) is 1. The van der Waals surface area contributed by atoms with Gasteiger partial charge in [-0.05, 0) is 43.0 Å². The van der Waals surface area contributed by atoms with Gasteiger partial charge in [0.1, 0.15) is 0 Å². The van der Waals surface area contributed by atoms with Gasteiger partial charge in [-0.25, -0.2) is 0 Å². The number of aromatic nitrogens is 1. The van der Waals surface area contributed by atoms with Gasteiger partial charge >= 0.3 is 0 Å². The molecule has 0 aromatic carbocycles. The second-order valence-electron chi connectivity index (χ2n) is 4.16. The van der Waals surface area contributed by atoms with Crippen LogP contribution in [0, 0.1) is 5.92 Å². The van der Waals surface area contributed by atoms with Crippen molar-refractivity contribution < 1.29 is 0 Å². The first-order valence-electron chi connectivity index (χ1n) is 5.28. The third-order valence-corrected chi connectivity index (χ3v) is 2.38. The van der Waals surface area contributed by atoms with Crippen LogP contribution < -0.4 is 5.32 Å². The number of likely N-dealkylation sites (N-methyl/N-ethyl adjacent to an activating group) is 1. The lowest BCUT2D eigenvalue weighted by atomic mass is 9.91. The van der Waals surface area contributed by atoms with Crippen molar-refractivity contribution in [1.82, 2.24) is 10.3 Å². The van der Waals surface area contributed by atoms with Gasteiger partial charge in [0.15, 0.2) is 0 Å². The van der Waals surface area contributed by atoms with E-state index < -0.39 is 0 Å². The number of nitrogens with one attached hydrogen (secondary N) is 1. The maximum atomic E-state index is 4.05. The Bertz CT molecular complexity index is 244. The van der Waals surface area contributed by atoms with Crippen LogP contribution in [0.3, 0.4) is 0 Å². The maximum Gasteiger partial charge on any atom is 0.0270 e. The van der Waals surface area contributed by atoms with E-state index in [4.69, 9.17) is 0 Å². The van der Waals surface area contributed by atoms with Crippen LogP contribution in [0.2, 0.25) is 0 Å². The summed E-state index contributed by atoms with van der Waals surface area (Å²) >= 11 is 0. The van der Waals surface area contributed by atoms with Gasteiger partial charge in [0.2, 0.25) is 0 Å². The van der Waals surface area contributed by atoms with E-state index in [0.717, 1.165) is 12.5 Å². The van der Waals surface area contributed by atoms with E-state index in [1.807, 2.05) is 19.4 Å². The zero-order valence-corrected chi connectivity index (χ0v) is 9.33. The fourth-order valence-electron chi connectivity index (χ4n) is 1.79. The number of hydrogen-bond donors (Lipinski definition) is 1. The summed E-state index contributed by atoms with van der Waals surface area (Å²) in [6.45, 7) is 5.58. The Morgan fingerprint density at radius 2 is 1.93 bits per heavy atom. The molecule has 0 bridgehead atoms. The molecule has 0 radical (unpaired) electrons. The third-order valence-electron chi connectivity index (χ3n) is 2.38. The van der Waals surface area contributed by atoms with Crippen molar-refractivity contribution in [2.75, 3.05) is 13.6 Å². The summed E-state index contributed by atoms with van der Waals surface area (Å²) in [6, 6.07) is 4.23. The van der Waals surface area contributed by atoms with Crippen LogP contribution in [0.1, 0.15) is 31.7 Å². The lowest BCUT2D eigenvalue weighted by molar-refractivity contribution is 0.483. The molecule has 1 aromatic heterocycles. The third kappa shape index (κ3) is 3.46. The lowest BCUT2D eigenvalue weighted by Gasteiger charge is -2.18. The maximum absolute atomic E-state index is 4.05. The highest BCUT2D eigenvalue weighted by molar-refractivity contribution is 5.16. The molecule has 0 amide bonds. The zero-order valence-electron chi connectivity index (χ0n) is 9.33. The molecule has 1 aromatic rings. The summed E-state index contributed by atoms with van der Waals surface area (Å²) in [6.07, 6.45) is 4.97. The molecule has 1 N–H and O–H groups in total. The summed E-state index contributed by atoms with van der Waals surface area (Å²) in [5.41, 5.74) is 1.39. The van der Waals surface area contributed by atoms with Gasteiger partial charge in [-0.2, -0.15) is 0 Å². The molecule has 2 heteroatoms. The Kier molecular flexibility index (Phi) is 4.60. The lowest BCUT2D eigenvalue weighted by Crippen LogP contribution is -2.18. The Morgan fingerprint density at radius 3 is 2.43 bits per heavy atom. The molecule has 14 heavy (non-hydrogen) atoms. The minimum Gasteiger partial charge on any atom is -0.319 e. The number of rotatable bonds is 5. The first kappa shape index (κ1) is 11.2. The monoisotopic (exact) mass is 192 g/mol. The van der Waals surface area contributed by atoms with Crippen LogP contribution >= 0.6 is 0 Å². The standard InChI is InChI=1S/C12H20N2/c1-10(2)8-12(9-13-3)11-4-6-14-7-5-11/h4-7,10,12-13H,8-9H2,1-3H3. The van der Waals surface area contributed by atoms with Crippen molar-refractivity contribution in [3.05, 3.63) is 30.1 Å². The van der Waals surface area contributed by atoms with Crippen molar-refractivity contribution in [3.63, 3.8) is 0 Å². The van der Waals surface area contributed by atoms with E-state index in [0.29, 0.717) is 5.92 Å². The van der Waals surface area contributed by atoms with Gasteiger partial charge < -0.3 is 5.32 Å². The predicted octanol–water partition coefficient (Wildman–Crippen LogP) is 2.43. The highest BCUT2D eigenvalue weighted by Gasteiger charge is 2.11. The van der Waals surface area contributed by atoms with E-state index >= 15 is 0 Å². The number of pyridine rings is 1. The average Bonchev–Trinajstić information content (AvgIpc) is 2.18. The Balaban J connectivity index is 2.67. The number of hydrogen-bond acceptors (Lipinski definition) is 2. The molecule has 0 saturated carbocycles. The van der Waals surface area contributed by atoms with E-state index in [1.54, 1.807) is 0 Å². The molecule has 0 aliphatic rings. The van der Waals surface area contributed by atoms with Crippen molar-refractivity contribution in [3.8, 4) is 0 Å². The van der Waals surface area contributed by atoms with E-state index in [-0.39, 0.29) is 0 Å². The van der Waals surface area contributed by atoms with Crippen LogP contribution in [-0.4, -0.2) is 18.6 Å². The highest BCUT2D eigenvalue weighted by Crippen LogP contribution is 2.22.